The average Bonchev–Trinajstić information content (AvgIpc) is 2.88. The van der Waals surface area contributed by atoms with Gasteiger partial charge in [0, 0.05) is 11.8 Å². The number of benzene rings is 1. The Bertz CT molecular complexity index is 912. The number of carbonyl (C=O) groups excluding carboxylic acids is 1. The Hall–Kier alpha value is -3.15. The van der Waals surface area contributed by atoms with Crippen LogP contribution >= 0.6 is 0 Å². The molecule has 0 radical (unpaired) electrons. The second-order valence-electron chi connectivity index (χ2n) is 5.13. The van der Waals surface area contributed by atoms with Crippen molar-refractivity contribution in [3.63, 3.8) is 0 Å². The van der Waals surface area contributed by atoms with Crippen LogP contribution in [-0.2, 0) is 0 Å². The first kappa shape index (κ1) is 14.8. The van der Waals surface area contributed by atoms with Crippen LogP contribution in [0.15, 0.2) is 53.8 Å². The van der Waals surface area contributed by atoms with Crippen LogP contribution in [0.25, 0.3) is 5.65 Å². The van der Waals surface area contributed by atoms with E-state index in [1.165, 1.54) is 0 Å². The molecule has 0 atom stereocenters. The molecule has 6 heteroatoms. The number of phenolic OH excluding ortho intramolecular Hbond substituents is 1. The minimum Gasteiger partial charge on any atom is -0.507 e. The summed E-state index contributed by atoms with van der Waals surface area (Å²) in [6, 6.07) is 12.4. The molecule has 1 amide bonds. The van der Waals surface area contributed by atoms with E-state index in [9.17, 15) is 9.90 Å². The SMILES string of the molecule is C/C(=N\NC(=O)c1c(C)nc2ccccn12)c1ccccc1O. The van der Waals surface area contributed by atoms with E-state index in [2.05, 4.69) is 15.5 Å². The van der Waals surface area contributed by atoms with Gasteiger partial charge in [0.15, 0.2) is 0 Å². The van der Waals surface area contributed by atoms with Crippen molar-refractivity contribution in [2.45, 2.75) is 13.8 Å². The zero-order valence-electron chi connectivity index (χ0n) is 12.8. The van der Waals surface area contributed by atoms with Crippen LogP contribution in [0.1, 0.15) is 28.7 Å². The highest BCUT2D eigenvalue weighted by Crippen LogP contribution is 2.16. The maximum Gasteiger partial charge on any atom is 0.290 e. The van der Waals surface area contributed by atoms with Gasteiger partial charge in [0.05, 0.1) is 11.4 Å². The molecule has 0 saturated carbocycles. The highest BCUT2D eigenvalue weighted by Gasteiger charge is 2.16. The number of hydrogen-bond acceptors (Lipinski definition) is 4. The second kappa shape index (κ2) is 5.92. The van der Waals surface area contributed by atoms with Crippen LogP contribution in [-0.4, -0.2) is 26.1 Å². The summed E-state index contributed by atoms with van der Waals surface area (Å²) in [4.78, 5) is 16.8. The summed E-state index contributed by atoms with van der Waals surface area (Å²) >= 11 is 0. The molecule has 1 aromatic carbocycles. The Kier molecular flexibility index (Phi) is 3.80. The lowest BCUT2D eigenvalue weighted by atomic mass is 10.1. The topological polar surface area (TPSA) is 79.0 Å². The van der Waals surface area contributed by atoms with Gasteiger partial charge >= 0.3 is 0 Å². The highest BCUT2D eigenvalue weighted by molar-refractivity contribution is 6.02. The molecule has 3 aromatic rings. The molecular weight excluding hydrogens is 292 g/mol. The number of hydrogen-bond donors (Lipinski definition) is 2. The third-order valence-electron chi connectivity index (χ3n) is 3.54. The molecule has 0 spiro atoms. The number of carbonyl (C=O) groups is 1. The molecule has 0 fully saturated rings. The van der Waals surface area contributed by atoms with Gasteiger partial charge in [0.2, 0.25) is 0 Å². The van der Waals surface area contributed by atoms with Crippen LogP contribution in [0.3, 0.4) is 0 Å². The van der Waals surface area contributed by atoms with E-state index < -0.39 is 0 Å². The zero-order chi connectivity index (χ0) is 16.4. The molecule has 2 aromatic heterocycles. The van der Waals surface area contributed by atoms with Gasteiger partial charge in [0.25, 0.3) is 5.91 Å². The number of aromatic nitrogens is 2. The number of aryl methyl sites for hydroxylation is 1. The highest BCUT2D eigenvalue weighted by atomic mass is 16.3. The lowest BCUT2D eigenvalue weighted by Gasteiger charge is -2.05. The van der Waals surface area contributed by atoms with Crippen molar-refractivity contribution in [1.82, 2.24) is 14.8 Å². The van der Waals surface area contributed by atoms with Gasteiger partial charge < -0.3 is 5.11 Å². The smallest absolute Gasteiger partial charge is 0.290 e. The molecule has 0 bridgehead atoms. The Balaban J connectivity index is 1.88. The lowest BCUT2D eigenvalue weighted by Crippen LogP contribution is -2.21. The fourth-order valence-electron chi connectivity index (χ4n) is 2.41. The average molecular weight is 308 g/mol. The summed E-state index contributed by atoms with van der Waals surface area (Å²) in [5.41, 5.74) is 5.38. The van der Waals surface area contributed by atoms with Crippen LogP contribution in [0.4, 0.5) is 0 Å². The number of fused-ring (bicyclic) bond motifs is 1. The molecule has 0 saturated heterocycles. The largest absolute Gasteiger partial charge is 0.507 e. The predicted octanol–water partition coefficient (Wildman–Crippen LogP) is 2.50. The summed E-state index contributed by atoms with van der Waals surface area (Å²) in [5.74, 6) is -0.232. The van der Waals surface area contributed by atoms with Gasteiger partial charge in [-0.25, -0.2) is 10.4 Å². The minimum atomic E-state index is -0.351. The summed E-state index contributed by atoms with van der Waals surface area (Å²) in [6.07, 6.45) is 1.78. The van der Waals surface area contributed by atoms with Gasteiger partial charge in [-0.1, -0.05) is 18.2 Å². The van der Waals surface area contributed by atoms with E-state index in [0.717, 1.165) is 0 Å². The number of aromatic hydroxyl groups is 1. The number of amides is 1. The number of nitrogens with zero attached hydrogens (tertiary/aromatic N) is 3. The molecule has 2 heterocycles. The van der Waals surface area contributed by atoms with Crippen LogP contribution in [0, 0.1) is 6.92 Å². The van der Waals surface area contributed by atoms with Gasteiger partial charge in [-0.15, -0.1) is 0 Å². The van der Waals surface area contributed by atoms with Gasteiger partial charge in [-0.2, -0.15) is 5.10 Å². The molecule has 2 N–H and O–H groups in total. The lowest BCUT2D eigenvalue weighted by molar-refractivity contribution is 0.0948. The first-order valence-corrected chi connectivity index (χ1v) is 7.14. The molecule has 23 heavy (non-hydrogen) atoms. The van der Waals surface area contributed by atoms with Crippen molar-refractivity contribution in [3.05, 3.63) is 65.6 Å². The van der Waals surface area contributed by atoms with Crippen molar-refractivity contribution >= 4 is 17.3 Å². The van der Waals surface area contributed by atoms with E-state index in [-0.39, 0.29) is 11.7 Å². The third kappa shape index (κ3) is 2.78. The fourth-order valence-corrected chi connectivity index (χ4v) is 2.41. The monoisotopic (exact) mass is 308 g/mol. The van der Waals surface area contributed by atoms with Crippen molar-refractivity contribution in [3.8, 4) is 5.75 Å². The molecule has 3 rings (SSSR count). The fraction of sp³-hybridized carbons (Fsp3) is 0.118. The summed E-state index contributed by atoms with van der Waals surface area (Å²) in [6.45, 7) is 3.50. The number of hydrazone groups is 1. The minimum absolute atomic E-state index is 0.119. The van der Waals surface area contributed by atoms with Crippen molar-refractivity contribution in [2.24, 2.45) is 5.10 Å². The normalized spacial score (nSPS) is 11.7. The van der Waals surface area contributed by atoms with E-state index in [1.807, 2.05) is 18.2 Å². The number of rotatable bonds is 3. The molecule has 0 aliphatic carbocycles. The van der Waals surface area contributed by atoms with E-state index >= 15 is 0 Å². The first-order valence-electron chi connectivity index (χ1n) is 7.14. The summed E-state index contributed by atoms with van der Waals surface area (Å²) < 4.78 is 1.72. The van der Waals surface area contributed by atoms with Gasteiger partial charge in [0.1, 0.15) is 17.1 Å². The van der Waals surface area contributed by atoms with Crippen molar-refractivity contribution in [2.75, 3.05) is 0 Å². The van der Waals surface area contributed by atoms with E-state index in [4.69, 9.17) is 0 Å². The first-order chi connectivity index (χ1) is 11.1. The summed E-state index contributed by atoms with van der Waals surface area (Å²) in [5, 5.41) is 13.9. The molecule has 0 aliphatic rings. The quantitative estimate of drug-likeness (QED) is 0.576. The molecule has 116 valence electrons. The Morgan fingerprint density at radius 1 is 1.22 bits per heavy atom. The van der Waals surface area contributed by atoms with Crippen LogP contribution < -0.4 is 5.43 Å². The van der Waals surface area contributed by atoms with Crippen molar-refractivity contribution in [1.29, 1.82) is 0 Å². The number of pyridine rings is 1. The molecule has 6 nitrogen and oxygen atoms in total. The van der Waals surface area contributed by atoms with E-state index in [1.54, 1.807) is 48.7 Å². The summed E-state index contributed by atoms with van der Waals surface area (Å²) in [7, 11) is 0. The van der Waals surface area contributed by atoms with Crippen molar-refractivity contribution < 1.29 is 9.90 Å². The van der Waals surface area contributed by atoms with Gasteiger partial charge in [-0.3, -0.25) is 9.20 Å². The molecule has 0 unspecified atom stereocenters. The van der Waals surface area contributed by atoms with Gasteiger partial charge in [-0.05, 0) is 38.1 Å². The maximum absolute atomic E-state index is 12.4. The number of imidazole rings is 1. The third-order valence-corrected chi connectivity index (χ3v) is 3.54. The molecular formula is C17H16N4O2. The Morgan fingerprint density at radius 3 is 2.74 bits per heavy atom. The number of para-hydroxylation sites is 1. The maximum atomic E-state index is 12.4. The number of nitrogens with one attached hydrogen (secondary N) is 1. The Labute approximate surface area is 133 Å². The predicted molar refractivity (Wildman–Crippen MR) is 87.7 cm³/mol. The van der Waals surface area contributed by atoms with Crippen LogP contribution in [0.5, 0.6) is 5.75 Å². The Morgan fingerprint density at radius 2 is 1.96 bits per heavy atom. The zero-order valence-corrected chi connectivity index (χ0v) is 12.8. The number of phenols is 1. The molecule has 0 aliphatic heterocycles. The van der Waals surface area contributed by atoms with Crippen LogP contribution in [0.2, 0.25) is 0 Å². The standard InChI is InChI=1S/C17H16N4O2/c1-11(13-7-3-4-8-14(13)22)19-20-17(23)16-12(2)18-15-9-5-6-10-21(15)16/h3-10,22H,1-2H3,(H,20,23)/b19-11+. The van der Waals surface area contributed by atoms with E-state index in [0.29, 0.717) is 28.3 Å². The second-order valence-corrected chi connectivity index (χ2v) is 5.13.